The average molecular weight is 472 g/mol. The number of carbonyl (C=O) groups excluding carboxylic acids is 2. The molecule has 6 heteroatoms. The number of thioether (sulfide) groups is 1. The molecular weight excluding hydrogens is 442 g/mol. The first-order valence-corrected chi connectivity index (χ1v) is 12.6. The summed E-state index contributed by atoms with van der Waals surface area (Å²) in [5.41, 5.74) is 6.02. The SMILES string of the molecule is Cc1ccccc1NC(=O)CSC1=C(C#N)[C@@H](c2ccc(C(C)C)cc2)C2=C(CCCC2=O)N1. The van der Waals surface area contributed by atoms with Crippen LogP contribution in [0.4, 0.5) is 5.69 Å². The zero-order chi connectivity index (χ0) is 24.2. The summed E-state index contributed by atoms with van der Waals surface area (Å²) in [6, 6.07) is 18.2. The van der Waals surface area contributed by atoms with Crippen LogP contribution in [0.3, 0.4) is 0 Å². The molecule has 0 saturated carbocycles. The van der Waals surface area contributed by atoms with Gasteiger partial charge in [-0.05, 0) is 48.4 Å². The maximum Gasteiger partial charge on any atom is 0.234 e. The number of dihydropyridines is 1. The van der Waals surface area contributed by atoms with Gasteiger partial charge in [0.25, 0.3) is 0 Å². The molecule has 1 aliphatic carbocycles. The number of rotatable bonds is 6. The molecule has 0 aromatic heterocycles. The van der Waals surface area contributed by atoms with Gasteiger partial charge < -0.3 is 10.6 Å². The van der Waals surface area contributed by atoms with Crippen molar-refractivity contribution in [3.8, 4) is 6.07 Å². The van der Waals surface area contributed by atoms with Gasteiger partial charge in [0.2, 0.25) is 5.91 Å². The van der Waals surface area contributed by atoms with Gasteiger partial charge in [-0.2, -0.15) is 5.26 Å². The maximum atomic E-state index is 13.0. The monoisotopic (exact) mass is 471 g/mol. The van der Waals surface area contributed by atoms with Gasteiger partial charge in [0.05, 0.1) is 28.3 Å². The Balaban J connectivity index is 1.63. The Morgan fingerprint density at radius 3 is 2.59 bits per heavy atom. The third-order valence-electron chi connectivity index (χ3n) is 6.37. The van der Waals surface area contributed by atoms with Crippen LogP contribution in [-0.4, -0.2) is 17.4 Å². The third kappa shape index (κ3) is 4.95. The number of hydrogen-bond acceptors (Lipinski definition) is 5. The van der Waals surface area contributed by atoms with Crippen molar-refractivity contribution in [2.24, 2.45) is 0 Å². The summed E-state index contributed by atoms with van der Waals surface area (Å²) >= 11 is 1.32. The minimum absolute atomic E-state index is 0.0979. The molecule has 2 aromatic rings. The van der Waals surface area contributed by atoms with Crippen LogP contribution in [0.15, 0.2) is 70.4 Å². The summed E-state index contributed by atoms with van der Waals surface area (Å²) in [7, 11) is 0. The molecule has 1 atom stereocenters. The molecule has 2 aliphatic rings. The van der Waals surface area contributed by atoms with Crippen molar-refractivity contribution in [2.45, 2.75) is 51.9 Å². The molecule has 1 aliphatic heterocycles. The second-order valence-electron chi connectivity index (χ2n) is 9.05. The minimum Gasteiger partial charge on any atom is -0.352 e. The average Bonchev–Trinajstić information content (AvgIpc) is 2.83. The van der Waals surface area contributed by atoms with Crippen LogP contribution in [0, 0.1) is 18.3 Å². The second-order valence-corrected chi connectivity index (χ2v) is 10.0. The smallest absolute Gasteiger partial charge is 0.234 e. The molecule has 34 heavy (non-hydrogen) atoms. The number of Topliss-reactive ketones (excluding diaryl/α,β-unsaturated/α-hetero) is 1. The zero-order valence-corrected chi connectivity index (χ0v) is 20.6. The number of anilines is 1. The molecule has 174 valence electrons. The Kier molecular flexibility index (Phi) is 7.23. The first-order valence-electron chi connectivity index (χ1n) is 11.6. The lowest BCUT2D eigenvalue weighted by atomic mass is 9.76. The molecule has 1 heterocycles. The van der Waals surface area contributed by atoms with Crippen molar-refractivity contribution in [2.75, 3.05) is 11.1 Å². The largest absolute Gasteiger partial charge is 0.352 e. The molecular formula is C28H29N3O2S. The number of hydrogen-bond donors (Lipinski definition) is 2. The van der Waals surface area contributed by atoms with E-state index >= 15 is 0 Å². The van der Waals surface area contributed by atoms with Gasteiger partial charge in [0, 0.05) is 23.4 Å². The van der Waals surface area contributed by atoms with Crippen molar-refractivity contribution in [1.82, 2.24) is 5.32 Å². The number of nitrogens with one attached hydrogen (secondary N) is 2. The summed E-state index contributed by atoms with van der Waals surface area (Å²) in [6.07, 6.45) is 2.05. The molecule has 0 spiro atoms. The van der Waals surface area contributed by atoms with Crippen molar-refractivity contribution < 1.29 is 9.59 Å². The lowest BCUT2D eigenvalue weighted by molar-refractivity contribution is -0.116. The van der Waals surface area contributed by atoms with E-state index < -0.39 is 5.92 Å². The summed E-state index contributed by atoms with van der Waals surface area (Å²) in [4.78, 5) is 25.6. The Bertz CT molecular complexity index is 1220. The standard InChI is InChI=1S/C28H29N3O2S/c1-17(2)19-11-13-20(14-12-19)26-21(15-29)28(31-23-9-6-10-24(32)27(23)26)34-16-25(33)30-22-8-5-4-7-18(22)3/h4-5,7-8,11-14,17,26,31H,6,9-10,16H2,1-3H3,(H,30,33)/t26-/m1/s1. The number of para-hydroxylation sites is 1. The molecule has 2 aromatic carbocycles. The highest BCUT2D eigenvalue weighted by atomic mass is 32.2. The molecule has 0 unspecified atom stereocenters. The third-order valence-corrected chi connectivity index (χ3v) is 7.38. The second kappa shape index (κ2) is 10.3. The van der Waals surface area contributed by atoms with Crippen LogP contribution in [0.5, 0.6) is 0 Å². The maximum absolute atomic E-state index is 13.0. The molecule has 5 nitrogen and oxygen atoms in total. The number of nitriles is 1. The van der Waals surface area contributed by atoms with Crippen LogP contribution in [-0.2, 0) is 9.59 Å². The minimum atomic E-state index is -0.405. The molecule has 0 radical (unpaired) electrons. The predicted octanol–water partition coefficient (Wildman–Crippen LogP) is 5.92. The van der Waals surface area contributed by atoms with E-state index in [0.717, 1.165) is 35.4 Å². The number of ketones is 1. The Hall–Kier alpha value is -3.30. The first kappa shape index (κ1) is 23.8. The normalized spacial score (nSPS) is 17.9. The van der Waals surface area contributed by atoms with Gasteiger partial charge in [0.1, 0.15) is 0 Å². The quantitative estimate of drug-likeness (QED) is 0.546. The Labute approximate surface area is 205 Å². The summed E-state index contributed by atoms with van der Waals surface area (Å²) in [5, 5.41) is 17.1. The van der Waals surface area contributed by atoms with Gasteiger partial charge in [-0.1, -0.05) is 68.1 Å². The number of benzene rings is 2. The van der Waals surface area contributed by atoms with E-state index in [4.69, 9.17) is 0 Å². The fraction of sp³-hybridized carbons (Fsp3) is 0.321. The number of allylic oxidation sites excluding steroid dienone is 3. The van der Waals surface area contributed by atoms with Gasteiger partial charge in [-0.3, -0.25) is 9.59 Å². The van der Waals surface area contributed by atoms with E-state index in [0.29, 0.717) is 28.5 Å². The van der Waals surface area contributed by atoms with Crippen LogP contribution < -0.4 is 10.6 Å². The van der Waals surface area contributed by atoms with Gasteiger partial charge in [-0.15, -0.1) is 0 Å². The van der Waals surface area contributed by atoms with E-state index in [-0.39, 0.29) is 17.4 Å². The highest BCUT2D eigenvalue weighted by Crippen LogP contribution is 2.44. The fourth-order valence-corrected chi connectivity index (χ4v) is 5.34. The van der Waals surface area contributed by atoms with Crippen LogP contribution in [0.2, 0.25) is 0 Å². The van der Waals surface area contributed by atoms with E-state index in [9.17, 15) is 14.9 Å². The van der Waals surface area contributed by atoms with Gasteiger partial charge in [-0.25, -0.2) is 0 Å². The van der Waals surface area contributed by atoms with Crippen molar-refractivity contribution >= 4 is 29.1 Å². The first-order chi connectivity index (χ1) is 16.4. The summed E-state index contributed by atoms with van der Waals surface area (Å²) in [5.74, 6) is 0.121. The van der Waals surface area contributed by atoms with Crippen LogP contribution in [0.1, 0.15) is 61.6 Å². The lowest BCUT2D eigenvalue weighted by Gasteiger charge is -2.33. The Morgan fingerprint density at radius 1 is 1.18 bits per heavy atom. The van der Waals surface area contributed by atoms with E-state index in [1.807, 2.05) is 43.3 Å². The molecule has 0 saturated heterocycles. The van der Waals surface area contributed by atoms with E-state index in [2.05, 4.69) is 42.7 Å². The van der Waals surface area contributed by atoms with Gasteiger partial charge >= 0.3 is 0 Å². The summed E-state index contributed by atoms with van der Waals surface area (Å²) < 4.78 is 0. The van der Waals surface area contributed by atoms with Crippen LogP contribution >= 0.6 is 11.8 Å². The topological polar surface area (TPSA) is 82.0 Å². The molecule has 1 amide bonds. The predicted molar refractivity (Wildman–Crippen MR) is 137 cm³/mol. The lowest BCUT2D eigenvalue weighted by Crippen LogP contribution is -2.31. The number of carbonyl (C=O) groups is 2. The zero-order valence-electron chi connectivity index (χ0n) is 19.8. The molecule has 4 rings (SSSR count). The molecule has 0 bridgehead atoms. The number of amides is 1. The highest BCUT2D eigenvalue weighted by molar-refractivity contribution is 8.03. The fourth-order valence-electron chi connectivity index (χ4n) is 4.48. The van der Waals surface area contributed by atoms with Crippen molar-refractivity contribution in [3.63, 3.8) is 0 Å². The van der Waals surface area contributed by atoms with E-state index in [1.165, 1.54) is 17.3 Å². The van der Waals surface area contributed by atoms with Crippen LogP contribution in [0.25, 0.3) is 0 Å². The molecule has 0 fully saturated rings. The molecule has 2 N–H and O–H groups in total. The highest BCUT2D eigenvalue weighted by Gasteiger charge is 2.37. The van der Waals surface area contributed by atoms with Crippen molar-refractivity contribution in [3.05, 3.63) is 87.1 Å². The number of aryl methyl sites for hydroxylation is 1. The number of nitrogens with zero attached hydrogens (tertiary/aromatic N) is 1. The van der Waals surface area contributed by atoms with Crippen molar-refractivity contribution in [1.29, 1.82) is 5.26 Å². The van der Waals surface area contributed by atoms with Gasteiger partial charge in [0.15, 0.2) is 5.78 Å². The van der Waals surface area contributed by atoms with E-state index in [1.54, 1.807) is 0 Å². The Morgan fingerprint density at radius 2 is 1.91 bits per heavy atom. The summed E-state index contributed by atoms with van der Waals surface area (Å²) in [6.45, 7) is 6.23.